The fourth-order valence-electron chi connectivity index (χ4n) is 5.06. The number of benzene rings is 4. The largest absolute Gasteiger partial charge is 0.350 e. The first-order valence-corrected chi connectivity index (χ1v) is 17.1. The maximum atomic E-state index is 14.6. The second-order valence-electron chi connectivity index (χ2n) is 12.3. The van der Waals surface area contributed by atoms with Crippen molar-refractivity contribution in [3.8, 4) is 0 Å². The molecule has 0 unspecified atom stereocenters. The Balaban J connectivity index is 1.85. The highest BCUT2D eigenvalue weighted by molar-refractivity contribution is 7.92. The molecular formula is C36H39Cl2N3O4S. The van der Waals surface area contributed by atoms with Gasteiger partial charge in [0.25, 0.3) is 10.0 Å². The Morgan fingerprint density at radius 2 is 1.46 bits per heavy atom. The van der Waals surface area contributed by atoms with Crippen LogP contribution in [0.1, 0.15) is 43.0 Å². The summed E-state index contributed by atoms with van der Waals surface area (Å²) in [4.78, 5) is 30.1. The molecule has 0 radical (unpaired) electrons. The molecule has 46 heavy (non-hydrogen) atoms. The highest BCUT2D eigenvalue weighted by atomic mass is 35.5. The first-order valence-electron chi connectivity index (χ1n) is 14.9. The number of nitrogens with zero attached hydrogens (tertiary/aromatic N) is 2. The number of amides is 2. The zero-order valence-corrected chi connectivity index (χ0v) is 29.0. The molecule has 4 aromatic rings. The van der Waals surface area contributed by atoms with E-state index < -0.39 is 34.1 Å². The van der Waals surface area contributed by atoms with Gasteiger partial charge in [-0.3, -0.25) is 13.9 Å². The first-order chi connectivity index (χ1) is 21.7. The van der Waals surface area contributed by atoms with Gasteiger partial charge in [0.2, 0.25) is 11.8 Å². The lowest BCUT2D eigenvalue weighted by molar-refractivity contribution is -0.140. The second kappa shape index (κ2) is 14.7. The van der Waals surface area contributed by atoms with E-state index in [4.69, 9.17) is 23.2 Å². The average molecular weight is 681 g/mol. The molecule has 0 aliphatic heterocycles. The molecule has 10 heteroatoms. The lowest BCUT2D eigenvalue weighted by atomic mass is 10.0. The predicted octanol–water partition coefficient (Wildman–Crippen LogP) is 7.36. The quantitative estimate of drug-likeness (QED) is 0.179. The van der Waals surface area contributed by atoms with Gasteiger partial charge in [-0.1, -0.05) is 89.4 Å². The zero-order valence-electron chi connectivity index (χ0n) is 26.6. The third kappa shape index (κ3) is 8.90. The Morgan fingerprint density at radius 1 is 0.826 bits per heavy atom. The molecule has 0 saturated carbocycles. The fraction of sp³-hybridized carbons (Fsp3) is 0.278. The van der Waals surface area contributed by atoms with Gasteiger partial charge < -0.3 is 10.2 Å². The van der Waals surface area contributed by atoms with Crippen molar-refractivity contribution in [2.75, 3.05) is 10.8 Å². The molecule has 7 nitrogen and oxygen atoms in total. The normalized spacial score (nSPS) is 12.3. The minimum atomic E-state index is -4.25. The van der Waals surface area contributed by atoms with Gasteiger partial charge in [-0.15, -0.1) is 0 Å². The smallest absolute Gasteiger partial charge is 0.264 e. The van der Waals surface area contributed by atoms with Crippen molar-refractivity contribution in [1.82, 2.24) is 10.2 Å². The highest BCUT2D eigenvalue weighted by Crippen LogP contribution is 2.31. The van der Waals surface area contributed by atoms with Crippen LogP contribution in [-0.4, -0.2) is 43.3 Å². The van der Waals surface area contributed by atoms with Gasteiger partial charge >= 0.3 is 0 Å². The van der Waals surface area contributed by atoms with Crippen LogP contribution in [0.25, 0.3) is 0 Å². The third-order valence-corrected chi connectivity index (χ3v) is 9.83. The van der Waals surface area contributed by atoms with Gasteiger partial charge in [-0.05, 0) is 87.7 Å². The monoisotopic (exact) mass is 679 g/mol. The van der Waals surface area contributed by atoms with Crippen LogP contribution in [0.15, 0.2) is 102 Å². The molecule has 4 rings (SSSR count). The minimum absolute atomic E-state index is 0.0153. The molecule has 0 fully saturated rings. The van der Waals surface area contributed by atoms with Gasteiger partial charge in [0, 0.05) is 28.5 Å². The van der Waals surface area contributed by atoms with Gasteiger partial charge in [-0.25, -0.2) is 8.42 Å². The van der Waals surface area contributed by atoms with E-state index in [0.717, 1.165) is 15.4 Å². The molecular weight excluding hydrogens is 641 g/mol. The van der Waals surface area contributed by atoms with Crippen molar-refractivity contribution in [2.24, 2.45) is 0 Å². The van der Waals surface area contributed by atoms with Crippen LogP contribution in [0.4, 0.5) is 5.69 Å². The molecule has 0 aliphatic carbocycles. The lowest BCUT2D eigenvalue weighted by Crippen LogP contribution is -2.56. The summed E-state index contributed by atoms with van der Waals surface area (Å²) in [5, 5.41) is 3.86. The summed E-state index contributed by atoms with van der Waals surface area (Å²) in [5.41, 5.74) is 2.60. The van der Waals surface area contributed by atoms with Gasteiger partial charge in [-0.2, -0.15) is 0 Å². The number of halogens is 2. The number of carbonyl (C=O) groups excluding carboxylic acids is 2. The molecule has 0 saturated heterocycles. The van der Waals surface area contributed by atoms with Crippen LogP contribution in [0.3, 0.4) is 0 Å². The van der Waals surface area contributed by atoms with Crippen molar-refractivity contribution >= 4 is 50.7 Å². The Bertz CT molecular complexity index is 1790. The van der Waals surface area contributed by atoms with Crippen LogP contribution in [0.5, 0.6) is 0 Å². The first kappa shape index (κ1) is 35.0. The number of anilines is 1. The predicted molar refractivity (Wildman–Crippen MR) is 186 cm³/mol. The Labute approximate surface area is 282 Å². The number of sulfonamides is 1. The number of rotatable bonds is 11. The van der Waals surface area contributed by atoms with Crippen LogP contribution < -0.4 is 9.62 Å². The van der Waals surface area contributed by atoms with E-state index in [2.05, 4.69) is 5.32 Å². The van der Waals surface area contributed by atoms with E-state index in [-0.39, 0.29) is 29.5 Å². The molecule has 1 atom stereocenters. The van der Waals surface area contributed by atoms with Crippen LogP contribution in [-0.2, 0) is 32.6 Å². The van der Waals surface area contributed by atoms with E-state index in [1.54, 1.807) is 55.5 Å². The molecule has 4 aromatic carbocycles. The van der Waals surface area contributed by atoms with Crippen LogP contribution in [0, 0.1) is 13.8 Å². The maximum absolute atomic E-state index is 14.6. The van der Waals surface area contributed by atoms with Gasteiger partial charge in [0.1, 0.15) is 12.6 Å². The number of carbonyl (C=O) groups is 2. The summed E-state index contributed by atoms with van der Waals surface area (Å²) in [7, 11) is -4.25. The summed E-state index contributed by atoms with van der Waals surface area (Å²) >= 11 is 12.8. The second-order valence-corrected chi connectivity index (χ2v) is 15.0. The Morgan fingerprint density at radius 3 is 2.09 bits per heavy atom. The molecule has 0 aliphatic rings. The summed E-state index contributed by atoms with van der Waals surface area (Å²) < 4.78 is 29.6. The molecule has 0 aromatic heterocycles. The number of hydrogen-bond acceptors (Lipinski definition) is 4. The minimum Gasteiger partial charge on any atom is -0.350 e. The van der Waals surface area contributed by atoms with Gasteiger partial charge in [0.05, 0.1) is 10.6 Å². The number of nitrogens with one attached hydrogen (secondary N) is 1. The number of aryl methyl sites for hydroxylation is 1. The molecule has 0 spiro atoms. The third-order valence-electron chi connectivity index (χ3n) is 7.41. The van der Waals surface area contributed by atoms with Crippen LogP contribution in [0.2, 0.25) is 10.0 Å². The highest BCUT2D eigenvalue weighted by Gasteiger charge is 2.36. The average Bonchev–Trinajstić information content (AvgIpc) is 2.99. The van der Waals surface area contributed by atoms with Crippen molar-refractivity contribution in [2.45, 2.75) is 64.1 Å². The van der Waals surface area contributed by atoms with Crippen molar-refractivity contribution in [3.05, 3.63) is 129 Å². The molecule has 242 valence electrons. The number of hydrogen-bond donors (Lipinski definition) is 1. The van der Waals surface area contributed by atoms with E-state index in [9.17, 15) is 18.0 Å². The van der Waals surface area contributed by atoms with Crippen molar-refractivity contribution < 1.29 is 18.0 Å². The van der Waals surface area contributed by atoms with E-state index in [1.807, 2.05) is 64.1 Å². The summed E-state index contributed by atoms with van der Waals surface area (Å²) in [5.74, 6) is -0.932. The SMILES string of the molecule is Cc1ccc(S(=O)(=O)N(CC(=O)N(Cc2cccc(Cl)c2)[C@H](Cc2ccccc2)C(=O)NC(C)(C)C)c2cccc(Cl)c2C)cc1. The van der Waals surface area contributed by atoms with Crippen molar-refractivity contribution in [3.63, 3.8) is 0 Å². The van der Waals surface area contributed by atoms with E-state index in [0.29, 0.717) is 21.2 Å². The fourth-order valence-corrected chi connectivity index (χ4v) is 6.91. The van der Waals surface area contributed by atoms with Crippen LogP contribution >= 0.6 is 23.2 Å². The summed E-state index contributed by atoms with van der Waals surface area (Å²) in [6.45, 7) is 8.61. The standard InChI is InChI=1S/C36H39Cl2N3O4S/c1-25-17-19-30(20-18-25)46(44,45)41(32-16-10-15-31(38)26(32)2)24-34(42)40(23-28-13-9-14-29(37)21-28)33(35(43)39-36(3,4)5)22-27-11-7-6-8-12-27/h6-21,33H,22-24H2,1-5H3,(H,39,43)/t33-/m1/s1. The van der Waals surface area contributed by atoms with Crippen molar-refractivity contribution in [1.29, 1.82) is 0 Å². The summed E-state index contributed by atoms with van der Waals surface area (Å²) in [6, 6.07) is 26.8. The zero-order chi connectivity index (χ0) is 33.6. The van der Waals surface area contributed by atoms with E-state index in [1.165, 1.54) is 17.0 Å². The van der Waals surface area contributed by atoms with E-state index >= 15 is 0 Å². The molecule has 2 amide bonds. The Kier molecular flexibility index (Phi) is 11.2. The topological polar surface area (TPSA) is 86.8 Å². The molecule has 0 bridgehead atoms. The maximum Gasteiger partial charge on any atom is 0.264 e. The lowest BCUT2D eigenvalue weighted by Gasteiger charge is -2.35. The molecule has 0 heterocycles. The molecule has 1 N–H and O–H groups in total. The summed E-state index contributed by atoms with van der Waals surface area (Å²) in [6.07, 6.45) is 0.204. The van der Waals surface area contributed by atoms with Gasteiger partial charge in [0.15, 0.2) is 0 Å². The Hall–Kier alpha value is -3.85.